The van der Waals surface area contributed by atoms with Gasteiger partial charge in [-0.3, -0.25) is 4.79 Å². The molecule has 0 heterocycles. The van der Waals surface area contributed by atoms with Gasteiger partial charge in [0.15, 0.2) is 0 Å². The SMILES string of the molecule is CC(C)Cc1ccc([C@H](C)C(=O)N/N=C/c2ccc(Cl)cc2)cc1. The van der Waals surface area contributed by atoms with E-state index in [2.05, 4.69) is 36.5 Å². The molecule has 0 aliphatic carbocycles. The van der Waals surface area contributed by atoms with Gasteiger partial charge >= 0.3 is 0 Å². The summed E-state index contributed by atoms with van der Waals surface area (Å²) in [6.07, 6.45) is 2.65. The number of hydrazone groups is 1. The van der Waals surface area contributed by atoms with Crippen LogP contribution in [0.2, 0.25) is 5.02 Å². The standard InChI is InChI=1S/C20H23ClN2O/c1-14(2)12-16-4-8-18(9-5-16)15(3)20(24)23-22-13-17-6-10-19(21)11-7-17/h4-11,13-15H,12H2,1-3H3,(H,23,24)/b22-13+/t15-/m0/s1. The van der Waals surface area contributed by atoms with E-state index in [1.54, 1.807) is 18.3 Å². The number of benzene rings is 2. The van der Waals surface area contributed by atoms with E-state index in [1.807, 2.05) is 31.2 Å². The Morgan fingerprint density at radius 3 is 2.29 bits per heavy atom. The second-order valence-corrected chi connectivity index (χ2v) is 6.78. The quantitative estimate of drug-likeness (QED) is 0.595. The molecular weight excluding hydrogens is 320 g/mol. The number of hydrogen-bond donors (Lipinski definition) is 1. The van der Waals surface area contributed by atoms with Crippen LogP contribution in [0.1, 0.15) is 43.4 Å². The van der Waals surface area contributed by atoms with Crippen LogP contribution in [0.4, 0.5) is 0 Å². The molecule has 24 heavy (non-hydrogen) atoms. The summed E-state index contributed by atoms with van der Waals surface area (Å²) in [6.45, 7) is 6.27. The van der Waals surface area contributed by atoms with E-state index in [4.69, 9.17) is 11.6 Å². The summed E-state index contributed by atoms with van der Waals surface area (Å²) in [6, 6.07) is 15.5. The van der Waals surface area contributed by atoms with Gasteiger partial charge in [0.1, 0.15) is 0 Å². The zero-order valence-electron chi connectivity index (χ0n) is 14.3. The first-order chi connectivity index (χ1) is 11.5. The van der Waals surface area contributed by atoms with E-state index in [0.717, 1.165) is 17.5 Å². The van der Waals surface area contributed by atoms with Crippen molar-refractivity contribution in [3.05, 3.63) is 70.2 Å². The van der Waals surface area contributed by atoms with Crippen molar-refractivity contribution < 1.29 is 4.79 Å². The number of nitrogens with zero attached hydrogens (tertiary/aromatic N) is 1. The number of rotatable bonds is 6. The number of hydrogen-bond acceptors (Lipinski definition) is 2. The van der Waals surface area contributed by atoms with Gasteiger partial charge in [-0.15, -0.1) is 0 Å². The molecule has 2 rings (SSSR count). The monoisotopic (exact) mass is 342 g/mol. The summed E-state index contributed by atoms with van der Waals surface area (Å²) in [7, 11) is 0. The topological polar surface area (TPSA) is 41.5 Å². The minimum absolute atomic E-state index is 0.128. The van der Waals surface area contributed by atoms with Gasteiger partial charge in [-0.2, -0.15) is 5.10 Å². The van der Waals surface area contributed by atoms with Crippen molar-refractivity contribution in [3.8, 4) is 0 Å². The molecule has 3 nitrogen and oxygen atoms in total. The third kappa shape index (κ3) is 5.50. The van der Waals surface area contributed by atoms with Crippen molar-refractivity contribution in [3.63, 3.8) is 0 Å². The van der Waals surface area contributed by atoms with E-state index in [1.165, 1.54) is 5.56 Å². The lowest BCUT2D eigenvalue weighted by atomic mass is 9.96. The first-order valence-corrected chi connectivity index (χ1v) is 8.51. The van der Waals surface area contributed by atoms with Crippen LogP contribution in [0.15, 0.2) is 53.6 Å². The first-order valence-electron chi connectivity index (χ1n) is 8.13. The zero-order valence-corrected chi connectivity index (χ0v) is 15.0. The lowest BCUT2D eigenvalue weighted by molar-refractivity contribution is -0.122. The van der Waals surface area contributed by atoms with Crippen LogP contribution in [0.25, 0.3) is 0 Å². The van der Waals surface area contributed by atoms with Crippen LogP contribution in [0, 0.1) is 5.92 Å². The first kappa shape index (κ1) is 18.2. The van der Waals surface area contributed by atoms with E-state index < -0.39 is 0 Å². The second kappa shape index (κ2) is 8.65. The van der Waals surface area contributed by atoms with Crippen LogP contribution in [0.5, 0.6) is 0 Å². The van der Waals surface area contributed by atoms with E-state index in [-0.39, 0.29) is 11.8 Å². The molecular formula is C20H23ClN2O. The fourth-order valence-electron chi connectivity index (χ4n) is 2.38. The number of amides is 1. The highest BCUT2D eigenvalue weighted by Gasteiger charge is 2.14. The van der Waals surface area contributed by atoms with Crippen molar-refractivity contribution in [1.82, 2.24) is 5.43 Å². The Balaban J connectivity index is 1.92. The molecule has 1 amide bonds. The average molecular weight is 343 g/mol. The highest BCUT2D eigenvalue weighted by atomic mass is 35.5. The maximum atomic E-state index is 12.2. The largest absolute Gasteiger partial charge is 0.272 e. The minimum atomic E-state index is -0.250. The molecule has 0 aromatic heterocycles. The van der Waals surface area contributed by atoms with Crippen LogP contribution >= 0.6 is 11.6 Å². The molecule has 0 aliphatic heterocycles. The van der Waals surface area contributed by atoms with Crippen LogP contribution in [-0.4, -0.2) is 12.1 Å². The molecule has 0 fully saturated rings. The van der Waals surface area contributed by atoms with Crippen LogP contribution < -0.4 is 5.43 Å². The maximum Gasteiger partial charge on any atom is 0.247 e. The molecule has 0 saturated heterocycles. The molecule has 4 heteroatoms. The predicted molar refractivity (Wildman–Crippen MR) is 101 cm³/mol. The summed E-state index contributed by atoms with van der Waals surface area (Å²) < 4.78 is 0. The molecule has 0 aliphatic rings. The van der Waals surface area contributed by atoms with Gasteiger partial charge in [0, 0.05) is 5.02 Å². The molecule has 126 valence electrons. The molecule has 0 saturated carbocycles. The number of nitrogens with one attached hydrogen (secondary N) is 1. The number of halogens is 1. The maximum absolute atomic E-state index is 12.2. The van der Waals surface area contributed by atoms with E-state index in [9.17, 15) is 4.79 Å². The number of carbonyl (C=O) groups excluding carboxylic acids is 1. The lowest BCUT2D eigenvalue weighted by Gasteiger charge is -2.11. The summed E-state index contributed by atoms with van der Waals surface area (Å²) in [5.41, 5.74) is 5.75. The van der Waals surface area contributed by atoms with Crippen molar-refractivity contribution >= 4 is 23.7 Å². The van der Waals surface area contributed by atoms with Gasteiger partial charge in [0.25, 0.3) is 0 Å². The molecule has 2 aromatic carbocycles. The Labute approximate surface area is 148 Å². The van der Waals surface area contributed by atoms with Crippen molar-refractivity contribution in [2.24, 2.45) is 11.0 Å². The van der Waals surface area contributed by atoms with Crippen molar-refractivity contribution in [1.29, 1.82) is 0 Å². The van der Waals surface area contributed by atoms with Crippen molar-refractivity contribution in [2.75, 3.05) is 0 Å². The molecule has 2 aromatic rings. The third-order valence-electron chi connectivity index (χ3n) is 3.78. The summed E-state index contributed by atoms with van der Waals surface area (Å²) in [4.78, 5) is 12.2. The summed E-state index contributed by atoms with van der Waals surface area (Å²) in [5, 5.41) is 4.68. The molecule has 0 unspecified atom stereocenters. The summed E-state index contributed by atoms with van der Waals surface area (Å²) >= 11 is 5.83. The third-order valence-corrected chi connectivity index (χ3v) is 4.03. The van der Waals surface area contributed by atoms with Gasteiger partial charge in [-0.05, 0) is 48.1 Å². The van der Waals surface area contributed by atoms with Crippen molar-refractivity contribution in [2.45, 2.75) is 33.1 Å². The Morgan fingerprint density at radius 2 is 1.71 bits per heavy atom. The highest BCUT2D eigenvalue weighted by molar-refractivity contribution is 6.30. The molecule has 0 radical (unpaired) electrons. The van der Waals surface area contributed by atoms with Crippen LogP contribution in [0.3, 0.4) is 0 Å². The minimum Gasteiger partial charge on any atom is -0.272 e. The predicted octanol–water partition coefficient (Wildman–Crippen LogP) is 4.79. The highest BCUT2D eigenvalue weighted by Crippen LogP contribution is 2.17. The number of carbonyl (C=O) groups is 1. The fourth-order valence-corrected chi connectivity index (χ4v) is 2.51. The molecule has 1 atom stereocenters. The summed E-state index contributed by atoms with van der Waals surface area (Å²) in [5.74, 6) is 0.246. The molecule has 0 spiro atoms. The van der Waals surface area contributed by atoms with Gasteiger partial charge in [-0.25, -0.2) is 5.43 Å². The zero-order chi connectivity index (χ0) is 17.5. The Bertz CT molecular complexity index is 691. The normalized spacial score (nSPS) is 12.5. The fraction of sp³-hybridized carbons (Fsp3) is 0.300. The lowest BCUT2D eigenvalue weighted by Crippen LogP contribution is -2.23. The Hall–Kier alpha value is -2.13. The van der Waals surface area contributed by atoms with E-state index >= 15 is 0 Å². The van der Waals surface area contributed by atoms with Gasteiger partial charge in [-0.1, -0.05) is 61.8 Å². The van der Waals surface area contributed by atoms with Gasteiger partial charge in [0.05, 0.1) is 12.1 Å². The van der Waals surface area contributed by atoms with E-state index in [0.29, 0.717) is 10.9 Å². The Morgan fingerprint density at radius 1 is 1.08 bits per heavy atom. The second-order valence-electron chi connectivity index (χ2n) is 6.35. The smallest absolute Gasteiger partial charge is 0.247 e. The molecule has 0 bridgehead atoms. The van der Waals surface area contributed by atoms with Gasteiger partial charge in [0.2, 0.25) is 5.91 Å². The van der Waals surface area contributed by atoms with Crippen LogP contribution in [-0.2, 0) is 11.2 Å². The Kier molecular flexibility index (Phi) is 6.56. The van der Waals surface area contributed by atoms with Gasteiger partial charge < -0.3 is 0 Å². The average Bonchev–Trinajstić information content (AvgIpc) is 2.56. The molecule has 1 N–H and O–H groups in total.